The predicted octanol–water partition coefficient (Wildman–Crippen LogP) is 3.47. The quantitative estimate of drug-likeness (QED) is 0.734. The summed E-state index contributed by atoms with van der Waals surface area (Å²) in [5.41, 5.74) is 2.74. The second kappa shape index (κ2) is 4.43. The molecule has 1 atom stereocenters. The fourth-order valence-electron chi connectivity index (χ4n) is 2.83. The number of fused-ring (bicyclic) bond motifs is 3. The van der Waals surface area contributed by atoms with Gasteiger partial charge in [0.25, 0.3) is 0 Å². The molecule has 1 saturated heterocycles. The van der Waals surface area contributed by atoms with Crippen LogP contribution in [0, 0.1) is 3.57 Å². The Morgan fingerprint density at radius 3 is 3.12 bits per heavy atom. The van der Waals surface area contributed by atoms with Crippen LogP contribution in [0.2, 0.25) is 0 Å². The molecule has 0 radical (unpaired) electrons. The van der Waals surface area contributed by atoms with Gasteiger partial charge in [0, 0.05) is 22.7 Å². The third-order valence-electron chi connectivity index (χ3n) is 3.67. The lowest BCUT2D eigenvalue weighted by molar-refractivity contribution is 0.583. The molecular weight excluding hydrogens is 311 g/mol. The fourth-order valence-corrected chi connectivity index (χ4v) is 3.33. The smallest absolute Gasteiger partial charge is 0.0605 e. The summed E-state index contributed by atoms with van der Waals surface area (Å²) in [6.45, 7) is 2.35. The maximum Gasteiger partial charge on any atom is 0.0605 e. The Kier molecular flexibility index (Phi) is 2.96. The first kappa shape index (κ1) is 10.7. The molecule has 0 aliphatic carbocycles. The summed E-state index contributed by atoms with van der Waals surface area (Å²) in [6, 6.07) is 7.47. The number of nitrogens with one attached hydrogen (secondary N) is 1. The van der Waals surface area contributed by atoms with Crippen molar-refractivity contribution in [2.75, 3.05) is 23.3 Å². The summed E-state index contributed by atoms with van der Waals surface area (Å²) < 4.78 is 1.32. The molecule has 0 saturated carbocycles. The molecule has 2 heterocycles. The lowest BCUT2D eigenvalue weighted by Gasteiger charge is -2.38. The highest BCUT2D eigenvalue weighted by Crippen LogP contribution is 2.35. The highest BCUT2D eigenvalue weighted by atomic mass is 127. The molecule has 86 valence electrons. The first-order valence-electron chi connectivity index (χ1n) is 6.15. The normalized spacial score (nSPS) is 24.1. The van der Waals surface area contributed by atoms with Crippen molar-refractivity contribution in [2.45, 2.75) is 31.7 Å². The average Bonchev–Trinajstić information content (AvgIpc) is 2.53. The van der Waals surface area contributed by atoms with E-state index in [-0.39, 0.29) is 0 Å². The van der Waals surface area contributed by atoms with Gasteiger partial charge in [-0.3, -0.25) is 0 Å². The zero-order valence-corrected chi connectivity index (χ0v) is 11.5. The molecule has 1 aromatic rings. The maximum atomic E-state index is 3.58. The van der Waals surface area contributed by atoms with Gasteiger partial charge in [0.1, 0.15) is 0 Å². The van der Waals surface area contributed by atoms with Crippen LogP contribution in [0.4, 0.5) is 11.4 Å². The standard InChI is InChI=1S/C13H17IN2/c14-10-5-6-13-12(8-10)15-9-11-4-2-1-3-7-16(11)13/h5-6,8,11,15H,1-4,7,9H2. The van der Waals surface area contributed by atoms with Crippen LogP contribution in [0.3, 0.4) is 0 Å². The first-order chi connectivity index (χ1) is 7.84. The van der Waals surface area contributed by atoms with Gasteiger partial charge < -0.3 is 10.2 Å². The SMILES string of the molecule is Ic1ccc2c(c1)NCC1CCCCCN21. The molecule has 0 spiro atoms. The van der Waals surface area contributed by atoms with Crippen LogP contribution in [0.5, 0.6) is 0 Å². The number of nitrogens with zero attached hydrogens (tertiary/aromatic N) is 1. The van der Waals surface area contributed by atoms with Gasteiger partial charge in [-0.15, -0.1) is 0 Å². The lowest BCUT2D eigenvalue weighted by Crippen LogP contribution is -2.43. The molecule has 2 aliphatic rings. The number of hydrogen-bond donors (Lipinski definition) is 1. The fraction of sp³-hybridized carbons (Fsp3) is 0.538. The van der Waals surface area contributed by atoms with Crippen molar-refractivity contribution in [1.29, 1.82) is 0 Å². The van der Waals surface area contributed by atoms with Gasteiger partial charge in [0.15, 0.2) is 0 Å². The molecule has 16 heavy (non-hydrogen) atoms. The van der Waals surface area contributed by atoms with Crippen LogP contribution in [0.15, 0.2) is 18.2 Å². The van der Waals surface area contributed by atoms with Gasteiger partial charge in [0.05, 0.1) is 11.4 Å². The third-order valence-corrected chi connectivity index (χ3v) is 4.34. The van der Waals surface area contributed by atoms with E-state index in [1.807, 2.05) is 0 Å². The minimum absolute atomic E-state index is 0.718. The van der Waals surface area contributed by atoms with Gasteiger partial charge in [0.2, 0.25) is 0 Å². The highest BCUT2D eigenvalue weighted by Gasteiger charge is 2.26. The summed E-state index contributed by atoms with van der Waals surface area (Å²) in [5.74, 6) is 0. The molecule has 2 aliphatic heterocycles. The van der Waals surface area contributed by atoms with E-state index < -0.39 is 0 Å². The summed E-state index contributed by atoms with van der Waals surface area (Å²) in [7, 11) is 0. The summed E-state index contributed by atoms with van der Waals surface area (Å²) in [6.07, 6.45) is 5.48. The van der Waals surface area contributed by atoms with Gasteiger partial charge in [-0.05, 0) is 53.6 Å². The lowest BCUT2D eigenvalue weighted by atomic mass is 10.1. The molecule has 2 nitrogen and oxygen atoms in total. The molecule has 0 bridgehead atoms. The van der Waals surface area contributed by atoms with Crippen LogP contribution in [-0.4, -0.2) is 19.1 Å². The molecule has 0 aromatic heterocycles. The average molecular weight is 328 g/mol. The largest absolute Gasteiger partial charge is 0.381 e. The third kappa shape index (κ3) is 1.90. The molecule has 3 heteroatoms. The number of halogens is 1. The van der Waals surface area contributed by atoms with Crippen molar-refractivity contribution in [3.8, 4) is 0 Å². The van der Waals surface area contributed by atoms with Crippen LogP contribution >= 0.6 is 22.6 Å². The van der Waals surface area contributed by atoms with E-state index in [0.29, 0.717) is 0 Å². The molecule has 1 unspecified atom stereocenters. The van der Waals surface area contributed by atoms with E-state index in [0.717, 1.165) is 12.6 Å². The van der Waals surface area contributed by atoms with E-state index in [1.165, 1.54) is 47.2 Å². The van der Waals surface area contributed by atoms with Crippen molar-refractivity contribution in [3.63, 3.8) is 0 Å². The highest BCUT2D eigenvalue weighted by molar-refractivity contribution is 14.1. The van der Waals surface area contributed by atoms with Crippen LogP contribution in [0.25, 0.3) is 0 Å². The van der Waals surface area contributed by atoms with Crippen LogP contribution in [0.1, 0.15) is 25.7 Å². The minimum Gasteiger partial charge on any atom is -0.381 e. The van der Waals surface area contributed by atoms with Gasteiger partial charge in [-0.1, -0.05) is 12.8 Å². The Morgan fingerprint density at radius 2 is 2.19 bits per heavy atom. The van der Waals surface area contributed by atoms with E-state index in [4.69, 9.17) is 0 Å². The monoisotopic (exact) mass is 328 g/mol. The second-order valence-electron chi connectivity index (χ2n) is 4.74. The number of hydrogen-bond acceptors (Lipinski definition) is 2. The van der Waals surface area contributed by atoms with Crippen LogP contribution < -0.4 is 10.2 Å². The maximum absolute atomic E-state index is 3.58. The molecule has 1 N–H and O–H groups in total. The van der Waals surface area contributed by atoms with Crippen molar-refractivity contribution >= 4 is 34.0 Å². The topological polar surface area (TPSA) is 15.3 Å². The zero-order chi connectivity index (χ0) is 11.0. The van der Waals surface area contributed by atoms with Crippen molar-refractivity contribution in [3.05, 3.63) is 21.8 Å². The van der Waals surface area contributed by atoms with E-state index in [9.17, 15) is 0 Å². The molecule has 1 fully saturated rings. The Hall–Kier alpha value is -0.450. The Bertz CT molecular complexity index is 392. The van der Waals surface area contributed by atoms with Gasteiger partial charge >= 0.3 is 0 Å². The first-order valence-corrected chi connectivity index (χ1v) is 7.22. The van der Waals surface area contributed by atoms with Crippen molar-refractivity contribution < 1.29 is 0 Å². The van der Waals surface area contributed by atoms with E-state index in [1.54, 1.807) is 0 Å². The summed E-state index contributed by atoms with van der Waals surface area (Å²) in [4.78, 5) is 2.62. The molecule has 0 amide bonds. The van der Waals surface area contributed by atoms with Crippen LogP contribution in [-0.2, 0) is 0 Å². The van der Waals surface area contributed by atoms with Crippen molar-refractivity contribution in [1.82, 2.24) is 0 Å². The predicted molar refractivity (Wildman–Crippen MR) is 77.3 cm³/mol. The molecular formula is C13H17IN2. The van der Waals surface area contributed by atoms with Gasteiger partial charge in [-0.2, -0.15) is 0 Å². The Labute approximate surface area is 111 Å². The summed E-state index contributed by atoms with van der Waals surface area (Å²) >= 11 is 2.38. The molecule has 3 rings (SSSR count). The summed E-state index contributed by atoms with van der Waals surface area (Å²) in [5, 5.41) is 3.58. The second-order valence-corrected chi connectivity index (χ2v) is 5.98. The van der Waals surface area contributed by atoms with Crippen molar-refractivity contribution in [2.24, 2.45) is 0 Å². The number of anilines is 2. The number of benzene rings is 1. The Balaban J connectivity index is 1.97. The number of rotatable bonds is 0. The van der Waals surface area contributed by atoms with Gasteiger partial charge in [-0.25, -0.2) is 0 Å². The van der Waals surface area contributed by atoms with E-state index in [2.05, 4.69) is 51.0 Å². The Morgan fingerprint density at radius 1 is 1.25 bits per heavy atom. The minimum atomic E-state index is 0.718. The van der Waals surface area contributed by atoms with E-state index >= 15 is 0 Å². The zero-order valence-electron chi connectivity index (χ0n) is 9.38. The molecule has 1 aromatic carbocycles.